The molecule has 20 heavy (non-hydrogen) atoms. The largest absolute Gasteiger partial charge is 0.393 e. The van der Waals surface area contributed by atoms with Crippen molar-refractivity contribution in [3.8, 4) is 0 Å². The number of halogens is 1. The molecule has 1 aromatic rings. The minimum atomic E-state index is -0.195. The van der Waals surface area contributed by atoms with E-state index < -0.39 is 0 Å². The lowest BCUT2D eigenvalue weighted by atomic mass is 9.92. The Labute approximate surface area is 126 Å². The van der Waals surface area contributed by atoms with Crippen molar-refractivity contribution in [3.05, 3.63) is 28.8 Å². The van der Waals surface area contributed by atoms with Crippen molar-refractivity contribution in [2.45, 2.75) is 38.8 Å². The molecule has 0 bridgehead atoms. The van der Waals surface area contributed by atoms with E-state index in [4.69, 9.17) is 11.6 Å². The molecule has 0 radical (unpaired) electrons. The van der Waals surface area contributed by atoms with Crippen molar-refractivity contribution in [1.82, 2.24) is 5.32 Å². The van der Waals surface area contributed by atoms with Gasteiger partial charge in [0, 0.05) is 29.8 Å². The van der Waals surface area contributed by atoms with E-state index in [-0.39, 0.29) is 12.1 Å². The molecule has 2 N–H and O–H groups in total. The molecule has 2 rings (SSSR count). The highest BCUT2D eigenvalue weighted by Gasteiger charge is 2.23. The summed E-state index contributed by atoms with van der Waals surface area (Å²) in [4.78, 5) is 2.36. The predicted octanol–water partition coefficient (Wildman–Crippen LogP) is 3.22. The van der Waals surface area contributed by atoms with E-state index in [1.807, 2.05) is 14.0 Å². The standard InChI is InChI=1S/C16H25ClN2O/c1-11(18-3)15-5-4-14(10-16(15)17)19-8-6-13(7-9-19)12(2)20/h4-5,10-13,18,20H,6-9H2,1-3H3. The van der Waals surface area contributed by atoms with E-state index in [1.54, 1.807) is 0 Å². The molecule has 1 aliphatic rings. The van der Waals surface area contributed by atoms with Crippen molar-refractivity contribution in [2.75, 3.05) is 25.0 Å². The Hall–Kier alpha value is -0.770. The van der Waals surface area contributed by atoms with Crippen LogP contribution in [0.1, 0.15) is 38.3 Å². The number of aliphatic hydroxyl groups excluding tert-OH is 1. The van der Waals surface area contributed by atoms with E-state index in [9.17, 15) is 5.11 Å². The molecule has 0 saturated carbocycles. The average molecular weight is 297 g/mol. The summed E-state index contributed by atoms with van der Waals surface area (Å²) in [7, 11) is 1.94. The third kappa shape index (κ3) is 3.46. The molecule has 3 nitrogen and oxygen atoms in total. The summed E-state index contributed by atoms with van der Waals surface area (Å²) in [5.41, 5.74) is 2.32. The maximum atomic E-state index is 9.66. The fraction of sp³-hybridized carbons (Fsp3) is 0.625. The summed E-state index contributed by atoms with van der Waals surface area (Å²) in [6.07, 6.45) is 1.90. The van der Waals surface area contributed by atoms with E-state index in [1.165, 1.54) is 5.69 Å². The predicted molar refractivity (Wildman–Crippen MR) is 85.5 cm³/mol. The molecule has 4 heteroatoms. The van der Waals surface area contributed by atoms with Crippen LogP contribution in [-0.4, -0.2) is 31.3 Å². The van der Waals surface area contributed by atoms with E-state index in [2.05, 4.69) is 35.3 Å². The van der Waals surface area contributed by atoms with Gasteiger partial charge in [0.1, 0.15) is 0 Å². The molecule has 0 aromatic heterocycles. The number of hydrogen-bond donors (Lipinski definition) is 2. The Morgan fingerprint density at radius 1 is 1.30 bits per heavy atom. The van der Waals surface area contributed by atoms with Crippen LogP contribution in [-0.2, 0) is 0 Å². The van der Waals surface area contributed by atoms with Crippen molar-refractivity contribution in [3.63, 3.8) is 0 Å². The summed E-state index contributed by atoms with van der Waals surface area (Å²) >= 11 is 6.39. The van der Waals surface area contributed by atoms with Crippen LogP contribution in [0.3, 0.4) is 0 Å². The van der Waals surface area contributed by atoms with Crippen LogP contribution in [0.2, 0.25) is 5.02 Å². The number of nitrogens with zero attached hydrogens (tertiary/aromatic N) is 1. The van der Waals surface area contributed by atoms with Gasteiger partial charge in [0.25, 0.3) is 0 Å². The van der Waals surface area contributed by atoms with Crippen LogP contribution in [0.5, 0.6) is 0 Å². The minimum Gasteiger partial charge on any atom is -0.393 e. The molecule has 2 unspecified atom stereocenters. The Morgan fingerprint density at radius 3 is 2.45 bits per heavy atom. The van der Waals surface area contributed by atoms with Gasteiger partial charge in [0.15, 0.2) is 0 Å². The summed E-state index contributed by atoms with van der Waals surface area (Å²) in [6.45, 7) is 5.99. The van der Waals surface area contributed by atoms with Gasteiger partial charge < -0.3 is 15.3 Å². The SMILES string of the molecule is CNC(C)c1ccc(N2CCC(C(C)O)CC2)cc1Cl. The third-order valence-corrected chi connectivity index (χ3v) is 4.80. The monoisotopic (exact) mass is 296 g/mol. The van der Waals surface area contributed by atoms with Crippen LogP contribution in [0, 0.1) is 5.92 Å². The maximum absolute atomic E-state index is 9.66. The normalized spacial score (nSPS) is 19.9. The highest BCUT2D eigenvalue weighted by molar-refractivity contribution is 6.31. The highest BCUT2D eigenvalue weighted by atomic mass is 35.5. The second-order valence-corrected chi connectivity index (χ2v) is 6.19. The maximum Gasteiger partial charge on any atom is 0.0541 e. The van der Waals surface area contributed by atoms with E-state index >= 15 is 0 Å². The van der Waals surface area contributed by atoms with Gasteiger partial charge in [-0.3, -0.25) is 0 Å². The fourth-order valence-corrected chi connectivity index (χ4v) is 3.20. The van der Waals surface area contributed by atoms with Crippen LogP contribution in [0.15, 0.2) is 18.2 Å². The van der Waals surface area contributed by atoms with Crippen LogP contribution in [0.25, 0.3) is 0 Å². The summed E-state index contributed by atoms with van der Waals surface area (Å²) in [6, 6.07) is 6.59. The van der Waals surface area contributed by atoms with Crippen LogP contribution < -0.4 is 10.2 Å². The van der Waals surface area contributed by atoms with Crippen molar-refractivity contribution >= 4 is 17.3 Å². The van der Waals surface area contributed by atoms with Gasteiger partial charge in [-0.2, -0.15) is 0 Å². The first-order valence-electron chi connectivity index (χ1n) is 7.42. The third-order valence-electron chi connectivity index (χ3n) is 4.47. The van der Waals surface area contributed by atoms with Crippen molar-refractivity contribution in [1.29, 1.82) is 0 Å². The zero-order chi connectivity index (χ0) is 14.7. The van der Waals surface area contributed by atoms with E-state index in [0.717, 1.165) is 36.5 Å². The molecule has 0 spiro atoms. The number of benzene rings is 1. The number of aliphatic hydroxyl groups is 1. The van der Waals surface area contributed by atoms with Crippen LogP contribution in [0.4, 0.5) is 5.69 Å². The van der Waals surface area contributed by atoms with Crippen molar-refractivity contribution < 1.29 is 5.11 Å². The van der Waals surface area contributed by atoms with Gasteiger partial charge in [-0.05, 0) is 57.4 Å². The van der Waals surface area contributed by atoms with Gasteiger partial charge in [0.05, 0.1) is 6.10 Å². The number of rotatable bonds is 4. The summed E-state index contributed by atoms with van der Waals surface area (Å²) < 4.78 is 0. The summed E-state index contributed by atoms with van der Waals surface area (Å²) in [5.74, 6) is 0.435. The number of anilines is 1. The fourth-order valence-electron chi connectivity index (χ4n) is 2.86. The molecule has 1 heterocycles. The van der Waals surface area contributed by atoms with Gasteiger partial charge in [-0.1, -0.05) is 17.7 Å². The number of hydrogen-bond acceptors (Lipinski definition) is 3. The first-order chi connectivity index (χ1) is 9.52. The Balaban J connectivity index is 2.06. The summed E-state index contributed by atoms with van der Waals surface area (Å²) in [5, 5.41) is 13.7. The quantitative estimate of drug-likeness (QED) is 0.895. The molecule has 0 amide bonds. The lowest BCUT2D eigenvalue weighted by Gasteiger charge is -2.35. The second-order valence-electron chi connectivity index (χ2n) is 5.78. The smallest absolute Gasteiger partial charge is 0.0541 e. The molecule has 1 aromatic carbocycles. The Bertz CT molecular complexity index is 442. The Morgan fingerprint density at radius 2 is 1.95 bits per heavy atom. The molecular weight excluding hydrogens is 272 g/mol. The van der Waals surface area contributed by atoms with Gasteiger partial charge in [0.2, 0.25) is 0 Å². The lowest BCUT2D eigenvalue weighted by molar-refractivity contribution is 0.110. The lowest BCUT2D eigenvalue weighted by Crippen LogP contribution is -2.37. The highest BCUT2D eigenvalue weighted by Crippen LogP contribution is 2.30. The van der Waals surface area contributed by atoms with Gasteiger partial charge >= 0.3 is 0 Å². The molecule has 112 valence electrons. The van der Waals surface area contributed by atoms with E-state index in [0.29, 0.717) is 5.92 Å². The van der Waals surface area contributed by atoms with Gasteiger partial charge in [-0.15, -0.1) is 0 Å². The second kappa shape index (κ2) is 6.79. The molecule has 1 saturated heterocycles. The topological polar surface area (TPSA) is 35.5 Å². The molecule has 1 aliphatic heterocycles. The van der Waals surface area contributed by atoms with Gasteiger partial charge in [-0.25, -0.2) is 0 Å². The number of nitrogens with one attached hydrogen (secondary N) is 1. The molecule has 0 aliphatic carbocycles. The first kappa shape index (κ1) is 15.6. The van der Waals surface area contributed by atoms with Crippen LogP contribution >= 0.6 is 11.6 Å². The minimum absolute atomic E-state index is 0.195. The number of piperidine rings is 1. The zero-order valence-electron chi connectivity index (χ0n) is 12.6. The average Bonchev–Trinajstić information content (AvgIpc) is 2.46. The molecular formula is C16H25ClN2O. The molecule has 1 fully saturated rings. The Kier molecular flexibility index (Phi) is 5.30. The zero-order valence-corrected chi connectivity index (χ0v) is 13.3. The van der Waals surface area contributed by atoms with Crippen molar-refractivity contribution in [2.24, 2.45) is 5.92 Å². The first-order valence-corrected chi connectivity index (χ1v) is 7.80. The molecule has 2 atom stereocenters.